The zero-order valence-corrected chi connectivity index (χ0v) is 18.7. The molecular formula is C25H29N3O3. The molecule has 0 aromatic heterocycles. The lowest BCUT2D eigenvalue weighted by Crippen LogP contribution is -2.58. The fourth-order valence-corrected chi connectivity index (χ4v) is 4.11. The summed E-state index contributed by atoms with van der Waals surface area (Å²) in [4.78, 5) is 28.3. The molecule has 6 heteroatoms. The molecule has 1 saturated heterocycles. The molecule has 2 aromatic carbocycles. The Kier molecular flexibility index (Phi) is 5.25. The van der Waals surface area contributed by atoms with Crippen molar-refractivity contribution in [3.63, 3.8) is 0 Å². The maximum atomic E-state index is 13.1. The molecule has 2 aliphatic heterocycles. The van der Waals surface area contributed by atoms with Crippen molar-refractivity contribution in [2.45, 2.75) is 39.0 Å². The van der Waals surface area contributed by atoms with Crippen molar-refractivity contribution < 1.29 is 14.3 Å². The highest BCUT2D eigenvalue weighted by Crippen LogP contribution is 2.42. The molecular weight excluding hydrogens is 390 g/mol. The third-order valence-corrected chi connectivity index (χ3v) is 6.00. The van der Waals surface area contributed by atoms with Gasteiger partial charge in [0.15, 0.2) is 12.1 Å². The van der Waals surface area contributed by atoms with Crippen molar-refractivity contribution in [1.29, 1.82) is 0 Å². The predicted octanol–water partition coefficient (Wildman–Crippen LogP) is 3.94. The van der Waals surface area contributed by atoms with Crippen LogP contribution in [0.2, 0.25) is 0 Å². The van der Waals surface area contributed by atoms with Crippen LogP contribution in [0.3, 0.4) is 0 Å². The van der Waals surface area contributed by atoms with E-state index in [-0.39, 0.29) is 17.4 Å². The fourth-order valence-electron chi connectivity index (χ4n) is 4.11. The van der Waals surface area contributed by atoms with Crippen molar-refractivity contribution >= 4 is 17.5 Å². The number of imide groups is 1. The van der Waals surface area contributed by atoms with E-state index in [4.69, 9.17) is 4.74 Å². The second kappa shape index (κ2) is 7.76. The van der Waals surface area contributed by atoms with Crippen LogP contribution >= 0.6 is 0 Å². The van der Waals surface area contributed by atoms with Crippen molar-refractivity contribution in [1.82, 2.24) is 15.1 Å². The molecule has 3 amide bonds. The SMILES string of the molecule is CN1C(=O)C2C(c3ccc(C(C)(C)C)cc3)=C(NCc3ccccc3)OC2N(C)C1=O. The van der Waals surface area contributed by atoms with Gasteiger partial charge in [-0.15, -0.1) is 0 Å². The third kappa shape index (κ3) is 3.78. The summed E-state index contributed by atoms with van der Waals surface area (Å²) in [6.45, 7) is 7.07. The number of ether oxygens (including phenoxy) is 1. The Morgan fingerprint density at radius 3 is 2.23 bits per heavy atom. The minimum atomic E-state index is -0.660. The highest BCUT2D eigenvalue weighted by Gasteiger charge is 2.52. The number of benzene rings is 2. The quantitative estimate of drug-likeness (QED) is 0.816. The average Bonchev–Trinajstić information content (AvgIpc) is 3.14. The number of nitrogens with one attached hydrogen (secondary N) is 1. The van der Waals surface area contributed by atoms with Crippen molar-refractivity contribution in [3.8, 4) is 0 Å². The second-order valence-electron chi connectivity index (χ2n) is 9.19. The Hall–Kier alpha value is -3.28. The van der Waals surface area contributed by atoms with Gasteiger partial charge in [-0.2, -0.15) is 0 Å². The van der Waals surface area contributed by atoms with Crippen LogP contribution in [-0.2, 0) is 21.5 Å². The summed E-state index contributed by atoms with van der Waals surface area (Å²) >= 11 is 0. The van der Waals surface area contributed by atoms with Crippen LogP contribution in [0.5, 0.6) is 0 Å². The van der Waals surface area contributed by atoms with Crippen molar-refractivity contribution in [3.05, 3.63) is 77.2 Å². The molecule has 2 atom stereocenters. The summed E-state index contributed by atoms with van der Waals surface area (Å²) in [5.41, 5.74) is 4.05. The van der Waals surface area contributed by atoms with Crippen LogP contribution in [0.15, 0.2) is 60.5 Å². The van der Waals surface area contributed by atoms with Crippen molar-refractivity contribution in [2.24, 2.45) is 5.92 Å². The Morgan fingerprint density at radius 1 is 0.968 bits per heavy atom. The van der Waals surface area contributed by atoms with E-state index in [1.807, 2.05) is 42.5 Å². The number of fused-ring (bicyclic) bond motifs is 1. The highest BCUT2D eigenvalue weighted by atomic mass is 16.5. The molecule has 31 heavy (non-hydrogen) atoms. The topological polar surface area (TPSA) is 61.9 Å². The Bertz CT molecular complexity index is 1020. The van der Waals surface area contributed by atoms with Crippen LogP contribution in [0.4, 0.5) is 4.79 Å². The predicted molar refractivity (Wildman–Crippen MR) is 120 cm³/mol. The number of carbonyl (C=O) groups excluding carboxylic acids is 2. The molecule has 0 aliphatic carbocycles. The third-order valence-electron chi connectivity index (χ3n) is 6.00. The lowest BCUT2D eigenvalue weighted by molar-refractivity contribution is -0.140. The normalized spacial score (nSPS) is 21.3. The van der Waals surface area contributed by atoms with Crippen molar-refractivity contribution in [2.75, 3.05) is 14.1 Å². The highest BCUT2D eigenvalue weighted by molar-refractivity contribution is 6.04. The fraction of sp³-hybridized carbons (Fsp3) is 0.360. The summed E-state index contributed by atoms with van der Waals surface area (Å²) in [5.74, 6) is -0.281. The van der Waals surface area contributed by atoms with Gasteiger partial charge in [0.2, 0.25) is 5.91 Å². The molecule has 2 aliphatic rings. The maximum Gasteiger partial charge on any atom is 0.329 e. The van der Waals surface area contributed by atoms with Gasteiger partial charge in [0, 0.05) is 26.2 Å². The summed E-state index contributed by atoms with van der Waals surface area (Å²) in [5, 5.41) is 3.37. The molecule has 6 nitrogen and oxygen atoms in total. The molecule has 0 spiro atoms. The molecule has 1 fully saturated rings. The summed E-state index contributed by atoms with van der Waals surface area (Å²) in [6.07, 6.45) is -0.660. The van der Waals surface area contributed by atoms with Crippen LogP contribution in [0.25, 0.3) is 5.57 Å². The van der Waals surface area contributed by atoms with E-state index in [0.717, 1.165) is 16.7 Å². The largest absolute Gasteiger partial charge is 0.454 e. The molecule has 4 rings (SSSR count). The first-order chi connectivity index (χ1) is 14.7. The van der Waals surface area contributed by atoms with E-state index in [2.05, 4.69) is 38.2 Å². The van der Waals surface area contributed by atoms with Gasteiger partial charge in [-0.05, 0) is 22.1 Å². The van der Waals surface area contributed by atoms with Crippen LogP contribution in [0, 0.1) is 5.92 Å². The second-order valence-corrected chi connectivity index (χ2v) is 9.19. The molecule has 2 unspecified atom stereocenters. The van der Waals surface area contributed by atoms with E-state index in [1.165, 1.54) is 22.4 Å². The summed E-state index contributed by atoms with van der Waals surface area (Å²) in [6, 6.07) is 17.9. The Balaban J connectivity index is 1.74. The number of nitrogens with zero attached hydrogens (tertiary/aromatic N) is 2. The monoisotopic (exact) mass is 419 g/mol. The van der Waals surface area contributed by atoms with E-state index in [1.54, 1.807) is 7.05 Å². The first-order valence-corrected chi connectivity index (χ1v) is 10.5. The number of urea groups is 1. The average molecular weight is 420 g/mol. The van der Waals surface area contributed by atoms with Crippen LogP contribution < -0.4 is 5.32 Å². The van der Waals surface area contributed by atoms with Gasteiger partial charge in [0.25, 0.3) is 0 Å². The summed E-state index contributed by atoms with van der Waals surface area (Å²) < 4.78 is 6.18. The lowest BCUT2D eigenvalue weighted by Gasteiger charge is -2.37. The number of hydrogen-bond donors (Lipinski definition) is 1. The minimum Gasteiger partial charge on any atom is -0.454 e. The standard InChI is InChI=1S/C25H29N3O3/c1-25(2,3)18-13-11-17(12-14-18)19-20-22(29)27(4)24(30)28(5)23(20)31-21(19)26-15-16-9-7-6-8-10-16/h6-14,20,23,26H,15H2,1-5H3. The van der Waals surface area contributed by atoms with Gasteiger partial charge in [-0.25, -0.2) is 4.79 Å². The number of hydrogen-bond acceptors (Lipinski definition) is 4. The van der Waals surface area contributed by atoms with Gasteiger partial charge in [-0.1, -0.05) is 75.4 Å². The van der Waals surface area contributed by atoms with Gasteiger partial charge in [-0.3, -0.25) is 14.6 Å². The molecule has 162 valence electrons. The molecule has 2 aromatic rings. The molecule has 0 saturated carbocycles. The van der Waals surface area contributed by atoms with Gasteiger partial charge in [0.1, 0.15) is 5.92 Å². The zero-order valence-electron chi connectivity index (χ0n) is 18.7. The van der Waals surface area contributed by atoms with E-state index in [9.17, 15) is 9.59 Å². The molecule has 0 bridgehead atoms. The number of carbonyl (C=O) groups is 2. The molecule has 2 heterocycles. The first kappa shape index (κ1) is 21.0. The van der Waals surface area contributed by atoms with Crippen LogP contribution in [0.1, 0.15) is 37.5 Å². The molecule has 1 N–H and O–H groups in total. The summed E-state index contributed by atoms with van der Waals surface area (Å²) in [7, 11) is 3.19. The Morgan fingerprint density at radius 2 is 1.61 bits per heavy atom. The Labute approximate surface area is 183 Å². The first-order valence-electron chi connectivity index (χ1n) is 10.5. The van der Waals surface area contributed by atoms with Crippen LogP contribution in [-0.4, -0.2) is 42.1 Å². The number of rotatable bonds is 4. The number of amides is 3. The van der Waals surface area contributed by atoms with E-state index in [0.29, 0.717) is 12.4 Å². The van der Waals surface area contributed by atoms with E-state index < -0.39 is 12.1 Å². The van der Waals surface area contributed by atoms with Gasteiger partial charge in [0.05, 0.1) is 0 Å². The smallest absolute Gasteiger partial charge is 0.329 e. The molecule has 0 radical (unpaired) electrons. The van der Waals surface area contributed by atoms with Gasteiger partial charge < -0.3 is 10.1 Å². The maximum absolute atomic E-state index is 13.1. The zero-order chi connectivity index (χ0) is 22.3. The minimum absolute atomic E-state index is 0.0313. The van der Waals surface area contributed by atoms with Gasteiger partial charge >= 0.3 is 6.03 Å². The lowest BCUT2D eigenvalue weighted by atomic mass is 9.84. The van der Waals surface area contributed by atoms with E-state index >= 15 is 0 Å².